The molecule has 3 unspecified atom stereocenters. The molecule has 0 aromatic heterocycles. The molecule has 0 radical (unpaired) electrons. The molecule has 0 saturated carbocycles. The fourth-order valence-corrected chi connectivity index (χ4v) is 1.56. The molecule has 0 rings (SSSR count). The molecule has 0 saturated heterocycles. The Morgan fingerprint density at radius 3 is 2.09 bits per heavy atom. The van der Waals surface area contributed by atoms with Gasteiger partial charge in [0.2, 0.25) is 0 Å². The summed E-state index contributed by atoms with van der Waals surface area (Å²) in [4.78, 5) is 0. The Labute approximate surface area is 77.2 Å². The van der Waals surface area contributed by atoms with Gasteiger partial charge in [-0.1, -0.05) is 47.0 Å². The van der Waals surface area contributed by atoms with Crippen LogP contribution in [0.2, 0.25) is 0 Å². The maximum atomic E-state index is 4.45. The Hall–Kier alpha value is 0.350. The lowest BCUT2D eigenvalue weighted by molar-refractivity contribution is 0.354. The molecule has 0 aliphatic heterocycles. The highest BCUT2D eigenvalue weighted by Gasteiger charge is 2.15. The zero-order chi connectivity index (χ0) is 8.85. The summed E-state index contributed by atoms with van der Waals surface area (Å²) in [5.74, 6) is 1.59. The standard InChI is InChI=1S/C10H22S/c1-5-6-7-8(2)9(3)10(4)11/h8-11H,5-7H2,1-4H3. The molecule has 0 nitrogen and oxygen atoms in total. The molecule has 3 atom stereocenters. The van der Waals surface area contributed by atoms with Gasteiger partial charge in [0.15, 0.2) is 0 Å². The zero-order valence-corrected chi connectivity index (χ0v) is 9.20. The van der Waals surface area contributed by atoms with Gasteiger partial charge < -0.3 is 0 Å². The third kappa shape index (κ3) is 4.73. The van der Waals surface area contributed by atoms with E-state index in [-0.39, 0.29) is 0 Å². The van der Waals surface area contributed by atoms with Gasteiger partial charge >= 0.3 is 0 Å². The predicted octanol–water partition coefficient (Wildman–Crippen LogP) is 3.77. The Morgan fingerprint density at radius 2 is 1.73 bits per heavy atom. The summed E-state index contributed by atoms with van der Waals surface area (Å²) < 4.78 is 0. The van der Waals surface area contributed by atoms with Crippen LogP contribution >= 0.6 is 12.6 Å². The van der Waals surface area contributed by atoms with Crippen LogP contribution in [0.5, 0.6) is 0 Å². The summed E-state index contributed by atoms with van der Waals surface area (Å²) in [5.41, 5.74) is 0. The van der Waals surface area contributed by atoms with Crippen molar-refractivity contribution in [1.29, 1.82) is 0 Å². The third-order valence-corrected chi connectivity index (χ3v) is 3.14. The van der Waals surface area contributed by atoms with E-state index >= 15 is 0 Å². The molecule has 0 aliphatic carbocycles. The summed E-state index contributed by atoms with van der Waals surface area (Å²) in [5, 5.41) is 0.543. The Kier molecular flexibility index (Phi) is 6.12. The molecule has 0 aliphatic rings. The number of hydrogen-bond donors (Lipinski definition) is 1. The van der Waals surface area contributed by atoms with Crippen molar-refractivity contribution in [3.63, 3.8) is 0 Å². The van der Waals surface area contributed by atoms with E-state index in [1.165, 1.54) is 19.3 Å². The fraction of sp³-hybridized carbons (Fsp3) is 1.00. The van der Waals surface area contributed by atoms with Gasteiger partial charge in [0.05, 0.1) is 0 Å². The van der Waals surface area contributed by atoms with Crippen molar-refractivity contribution in [2.24, 2.45) is 11.8 Å². The maximum Gasteiger partial charge on any atom is 0.00166 e. The topological polar surface area (TPSA) is 0 Å². The van der Waals surface area contributed by atoms with Crippen molar-refractivity contribution in [2.75, 3.05) is 0 Å². The Morgan fingerprint density at radius 1 is 1.18 bits per heavy atom. The average Bonchev–Trinajstić information content (AvgIpc) is 1.98. The van der Waals surface area contributed by atoms with Crippen molar-refractivity contribution in [3.8, 4) is 0 Å². The molecule has 0 aromatic carbocycles. The molecule has 0 bridgehead atoms. The van der Waals surface area contributed by atoms with Crippen LogP contribution in [0.4, 0.5) is 0 Å². The second-order valence-electron chi connectivity index (χ2n) is 3.72. The molecule has 0 amide bonds. The largest absolute Gasteiger partial charge is 0.176 e. The minimum atomic E-state index is 0.543. The molecule has 0 N–H and O–H groups in total. The van der Waals surface area contributed by atoms with Crippen LogP contribution in [-0.2, 0) is 0 Å². The highest BCUT2D eigenvalue weighted by atomic mass is 32.1. The van der Waals surface area contributed by atoms with Crippen molar-refractivity contribution in [1.82, 2.24) is 0 Å². The van der Waals surface area contributed by atoms with Gasteiger partial charge in [-0.2, -0.15) is 12.6 Å². The first-order valence-electron chi connectivity index (χ1n) is 4.77. The third-order valence-electron chi connectivity index (χ3n) is 2.67. The van der Waals surface area contributed by atoms with Gasteiger partial charge in [-0.05, 0) is 11.8 Å². The van der Waals surface area contributed by atoms with Gasteiger partial charge in [0.1, 0.15) is 0 Å². The first-order valence-corrected chi connectivity index (χ1v) is 5.29. The lowest BCUT2D eigenvalue weighted by Gasteiger charge is -2.22. The van der Waals surface area contributed by atoms with E-state index in [4.69, 9.17) is 0 Å². The predicted molar refractivity (Wildman–Crippen MR) is 56.3 cm³/mol. The van der Waals surface area contributed by atoms with Crippen LogP contribution < -0.4 is 0 Å². The van der Waals surface area contributed by atoms with Gasteiger partial charge in [-0.15, -0.1) is 0 Å². The first kappa shape index (κ1) is 11.4. The summed E-state index contributed by atoms with van der Waals surface area (Å²) >= 11 is 4.45. The van der Waals surface area contributed by atoms with Gasteiger partial charge in [-0.3, -0.25) is 0 Å². The van der Waals surface area contributed by atoms with E-state index in [2.05, 4.69) is 40.3 Å². The van der Waals surface area contributed by atoms with Crippen molar-refractivity contribution in [2.45, 2.75) is 52.2 Å². The van der Waals surface area contributed by atoms with Crippen molar-refractivity contribution in [3.05, 3.63) is 0 Å². The maximum absolute atomic E-state index is 4.45. The monoisotopic (exact) mass is 174 g/mol. The highest BCUT2D eigenvalue weighted by Crippen LogP contribution is 2.23. The zero-order valence-electron chi connectivity index (χ0n) is 8.30. The Balaban J connectivity index is 3.55. The van der Waals surface area contributed by atoms with Crippen LogP contribution in [0, 0.1) is 11.8 Å². The summed E-state index contributed by atoms with van der Waals surface area (Å²) in [7, 11) is 0. The first-order chi connectivity index (χ1) is 5.09. The van der Waals surface area contributed by atoms with Crippen LogP contribution in [0.3, 0.4) is 0 Å². The highest BCUT2D eigenvalue weighted by molar-refractivity contribution is 7.80. The molecule has 11 heavy (non-hydrogen) atoms. The smallest absolute Gasteiger partial charge is 0.00166 e. The van der Waals surface area contributed by atoms with Crippen LogP contribution in [-0.4, -0.2) is 5.25 Å². The molecule has 0 fully saturated rings. The fourth-order valence-electron chi connectivity index (χ4n) is 1.26. The molecular formula is C10H22S. The summed E-state index contributed by atoms with van der Waals surface area (Å²) in [6.07, 6.45) is 4.05. The van der Waals surface area contributed by atoms with Crippen LogP contribution in [0.15, 0.2) is 0 Å². The van der Waals surface area contributed by atoms with E-state index < -0.39 is 0 Å². The average molecular weight is 174 g/mol. The number of thiol groups is 1. The van der Waals surface area contributed by atoms with Gasteiger partial charge in [-0.25, -0.2) is 0 Å². The second-order valence-corrected chi connectivity index (χ2v) is 4.53. The number of hydrogen-bond acceptors (Lipinski definition) is 1. The molecule has 0 aromatic rings. The molecule has 1 heteroatoms. The number of unbranched alkanes of at least 4 members (excludes halogenated alkanes) is 1. The van der Waals surface area contributed by atoms with E-state index in [0.717, 1.165) is 11.8 Å². The minimum Gasteiger partial charge on any atom is -0.176 e. The molecule has 0 spiro atoms. The van der Waals surface area contributed by atoms with E-state index in [0.29, 0.717) is 5.25 Å². The van der Waals surface area contributed by atoms with Crippen molar-refractivity contribution < 1.29 is 0 Å². The SMILES string of the molecule is CCCCC(C)C(C)C(C)S. The van der Waals surface area contributed by atoms with E-state index in [1.807, 2.05) is 0 Å². The van der Waals surface area contributed by atoms with E-state index in [9.17, 15) is 0 Å². The van der Waals surface area contributed by atoms with E-state index in [1.54, 1.807) is 0 Å². The lowest BCUT2D eigenvalue weighted by Crippen LogP contribution is -2.16. The summed E-state index contributed by atoms with van der Waals surface area (Å²) in [6.45, 7) is 9.09. The Bertz CT molecular complexity index is 88.9. The van der Waals surface area contributed by atoms with Gasteiger partial charge in [0, 0.05) is 5.25 Å². The second kappa shape index (κ2) is 5.93. The lowest BCUT2D eigenvalue weighted by atomic mass is 9.89. The molecule has 68 valence electrons. The van der Waals surface area contributed by atoms with Crippen LogP contribution in [0.25, 0.3) is 0 Å². The minimum absolute atomic E-state index is 0.543. The molecular weight excluding hydrogens is 152 g/mol. The quantitative estimate of drug-likeness (QED) is 0.603. The van der Waals surface area contributed by atoms with Crippen molar-refractivity contribution >= 4 is 12.6 Å². The number of rotatable bonds is 5. The molecule has 0 heterocycles. The van der Waals surface area contributed by atoms with Gasteiger partial charge in [0.25, 0.3) is 0 Å². The normalized spacial score (nSPS) is 19.4. The van der Waals surface area contributed by atoms with Crippen LogP contribution in [0.1, 0.15) is 47.0 Å². The summed E-state index contributed by atoms with van der Waals surface area (Å²) in [6, 6.07) is 0.